The molecule has 0 aliphatic carbocycles. The predicted octanol–water partition coefficient (Wildman–Crippen LogP) is 3.35. The zero-order valence-electron chi connectivity index (χ0n) is 8.74. The first-order valence-electron chi connectivity index (χ1n) is 4.76. The molecule has 5 heteroatoms. The Morgan fingerprint density at radius 3 is 2.94 bits per heavy atom. The lowest BCUT2D eigenvalue weighted by atomic mass is 10.3. The Morgan fingerprint density at radius 1 is 1.56 bits per heavy atom. The van der Waals surface area contributed by atoms with Gasteiger partial charge in [-0.15, -0.1) is 0 Å². The van der Waals surface area contributed by atoms with Crippen molar-refractivity contribution >= 4 is 35.2 Å². The van der Waals surface area contributed by atoms with Crippen molar-refractivity contribution in [2.75, 3.05) is 6.61 Å². The third-order valence-electron chi connectivity index (χ3n) is 1.70. The van der Waals surface area contributed by atoms with Crippen LogP contribution in [0, 0.1) is 0 Å². The van der Waals surface area contributed by atoms with Gasteiger partial charge < -0.3 is 4.74 Å². The van der Waals surface area contributed by atoms with E-state index in [9.17, 15) is 4.79 Å². The van der Waals surface area contributed by atoms with Crippen molar-refractivity contribution in [3.05, 3.63) is 34.1 Å². The van der Waals surface area contributed by atoms with Crippen LogP contribution >= 0.6 is 23.2 Å². The summed E-state index contributed by atoms with van der Waals surface area (Å²) in [6.45, 7) is 2.14. The molecule has 0 fully saturated rings. The van der Waals surface area contributed by atoms with Gasteiger partial charge in [0.25, 0.3) is 0 Å². The molecule has 0 radical (unpaired) electrons. The van der Waals surface area contributed by atoms with Gasteiger partial charge in [-0.2, -0.15) is 0 Å². The van der Waals surface area contributed by atoms with E-state index < -0.39 is 0 Å². The van der Waals surface area contributed by atoms with Crippen molar-refractivity contribution in [3.63, 3.8) is 0 Å². The van der Waals surface area contributed by atoms with Crippen molar-refractivity contribution < 1.29 is 9.53 Å². The fourth-order valence-corrected chi connectivity index (χ4v) is 1.48. The second kappa shape index (κ2) is 6.51. The van der Waals surface area contributed by atoms with Crippen molar-refractivity contribution in [1.29, 1.82) is 0 Å². The van der Waals surface area contributed by atoms with Gasteiger partial charge >= 0.3 is 5.97 Å². The number of rotatable bonds is 4. The van der Waals surface area contributed by atoms with Crippen LogP contribution in [-0.2, 0) is 9.53 Å². The Labute approximate surface area is 104 Å². The molecule has 1 heterocycles. The Hall–Kier alpha value is -1.06. The Kier molecular flexibility index (Phi) is 5.29. The molecule has 86 valence electrons. The molecule has 0 aliphatic rings. The van der Waals surface area contributed by atoms with E-state index in [1.165, 1.54) is 6.20 Å². The molecule has 0 aliphatic heterocycles. The number of carbonyl (C=O) groups is 1. The summed E-state index contributed by atoms with van der Waals surface area (Å²) < 4.78 is 4.76. The minimum atomic E-state index is -0.274. The van der Waals surface area contributed by atoms with Crippen LogP contribution < -0.4 is 0 Å². The second-order valence-electron chi connectivity index (χ2n) is 2.93. The molecule has 0 saturated carbocycles. The first-order valence-corrected chi connectivity index (χ1v) is 5.52. The van der Waals surface area contributed by atoms with Gasteiger partial charge in [-0.05, 0) is 19.1 Å². The molecule has 0 amide bonds. The Balaban J connectivity index is 2.59. The second-order valence-corrected chi connectivity index (χ2v) is 3.78. The molecule has 0 bridgehead atoms. The number of aromatic nitrogens is 1. The molecule has 0 aromatic carbocycles. The lowest BCUT2D eigenvalue weighted by Gasteiger charge is -1.98. The van der Waals surface area contributed by atoms with Gasteiger partial charge in [0.1, 0.15) is 0 Å². The highest BCUT2D eigenvalue weighted by molar-refractivity contribution is 6.35. The van der Waals surface area contributed by atoms with Crippen molar-refractivity contribution in [1.82, 2.24) is 4.98 Å². The van der Waals surface area contributed by atoms with E-state index in [0.29, 0.717) is 22.3 Å². The number of halogens is 2. The predicted molar refractivity (Wildman–Crippen MR) is 64.5 cm³/mol. The zero-order chi connectivity index (χ0) is 12.0. The average Bonchev–Trinajstić information content (AvgIpc) is 2.22. The summed E-state index contributed by atoms with van der Waals surface area (Å²) in [4.78, 5) is 15.0. The normalized spacial score (nSPS) is 10.7. The minimum Gasteiger partial charge on any atom is -0.466 e. The maximum Gasteiger partial charge on any atom is 0.309 e. The van der Waals surface area contributed by atoms with Crippen LogP contribution in [0.3, 0.4) is 0 Å². The Bertz CT molecular complexity index is 405. The topological polar surface area (TPSA) is 39.2 Å². The molecule has 16 heavy (non-hydrogen) atoms. The molecule has 0 atom stereocenters. The molecule has 0 N–H and O–H groups in total. The standard InChI is InChI=1S/C11H11Cl2NO2/c1-2-16-11(15)5-3-4-10-9(13)6-8(12)7-14-10/h3-4,6-7H,2,5H2,1H3. The SMILES string of the molecule is CCOC(=O)CC=Cc1ncc(Cl)cc1Cl. The molecular weight excluding hydrogens is 249 g/mol. The summed E-state index contributed by atoms with van der Waals surface area (Å²) in [7, 11) is 0. The van der Waals surface area contributed by atoms with E-state index >= 15 is 0 Å². The van der Waals surface area contributed by atoms with E-state index in [4.69, 9.17) is 27.9 Å². The summed E-state index contributed by atoms with van der Waals surface area (Å²) in [5.74, 6) is -0.274. The summed E-state index contributed by atoms with van der Waals surface area (Å²) in [5.41, 5.74) is 0.579. The number of hydrogen-bond donors (Lipinski definition) is 0. The maximum atomic E-state index is 11.0. The first kappa shape index (κ1) is 13.0. The number of pyridine rings is 1. The summed E-state index contributed by atoms with van der Waals surface area (Å²) in [6.07, 6.45) is 5.02. The highest BCUT2D eigenvalue weighted by Crippen LogP contribution is 2.19. The molecule has 1 rings (SSSR count). The number of nitrogens with zero attached hydrogens (tertiary/aromatic N) is 1. The van der Waals surface area contributed by atoms with Gasteiger partial charge in [-0.3, -0.25) is 9.78 Å². The lowest BCUT2D eigenvalue weighted by molar-refractivity contribution is -0.142. The highest BCUT2D eigenvalue weighted by Gasteiger charge is 2.00. The van der Waals surface area contributed by atoms with Gasteiger partial charge in [0, 0.05) is 6.20 Å². The third-order valence-corrected chi connectivity index (χ3v) is 2.21. The largest absolute Gasteiger partial charge is 0.466 e. The molecule has 1 aromatic rings. The monoisotopic (exact) mass is 259 g/mol. The summed E-state index contributed by atoms with van der Waals surface area (Å²) in [6, 6.07) is 1.60. The van der Waals surface area contributed by atoms with Crippen molar-refractivity contribution in [3.8, 4) is 0 Å². The zero-order valence-corrected chi connectivity index (χ0v) is 10.3. The number of ether oxygens (including phenoxy) is 1. The number of esters is 1. The molecule has 0 spiro atoms. The van der Waals surface area contributed by atoms with Gasteiger partial charge in [0.2, 0.25) is 0 Å². The number of hydrogen-bond acceptors (Lipinski definition) is 3. The van der Waals surface area contributed by atoms with Gasteiger partial charge in [0.15, 0.2) is 0 Å². The fourth-order valence-electron chi connectivity index (χ4n) is 1.03. The highest BCUT2D eigenvalue weighted by atomic mass is 35.5. The van der Waals surface area contributed by atoms with Crippen LogP contribution in [0.5, 0.6) is 0 Å². The van der Waals surface area contributed by atoms with Crippen molar-refractivity contribution in [2.24, 2.45) is 0 Å². The molecule has 0 unspecified atom stereocenters. The maximum absolute atomic E-state index is 11.0. The smallest absolute Gasteiger partial charge is 0.309 e. The van der Waals surface area contributed by atoms with Crippen LogP contribution in [0.2, 0.25) is 10.0 Å². The van der Waals surface area contributed by atoms with Crippen LogP contribution in [0.15, 0.2) is 18.3 Å². The van der Waals surface area contributed by atoms with Gasteiger partial charge in [0.05, 0.1) is 28.8 Å². The van der Waals surface area contributed by atoms with Gasteiger partial charge in [-0.25, -0.2) is 0 Å². The quantitative estimate of drug-likeness (QED) is 0.779. The molecule has 0 saturated heterocycles. The van der Waals surface area contributed by atoms with E-state index in [0.717, 1.165) is 0 Å². The van der Waals surface area contributed by atoms with E-state index in [1.807, 2.05) is 0 Å². The first-order chi connectivity index (χ1) is 7.63. The van der Waals surface area contributed by atoms with Crippen LogP contribution in [-0.4, -0.2) is 17.6 Å². The van der Waals surface area contributed by atoms with E-state index in [-0.39, 0.29) is 12.4 Å². The van der Waals surface area contributed by atoms with Crippen LogP contribution in [0.25, 0.3) is 6.08 Å². The average molecular weight is 260 g/mol. The van der Waals surface area contributed by atoms with Crippen LogP contribution in [0.1, 0.15) is 19.0 Å². The summed E-state index contributed by atoms with van der Waals surface area (Å²) in [5, 5.41) is 0.931. The van der Waals surface area contributed by atoms with Gasteiger partial charge in [-0.1, -0.05) is 29.3 Å². The molecule has 3 nitrogen and oxygen atoms in total. The fraction of sp³-hybridized carbons (Fsp3) is 0.273. The number of carbonyl (C=O) groups excluding carboxylic acids is 1. The molecule has 1 aromatic heterocycles. The summed E-state index contributed by atoms with van der Waals surface area (Å²) >= 11 is 11.6. The minimum absolute atomic E-state index is 0.203. The van der Waals surface area contributed by atoms with Crippen LogP contribution in [0.4, 0.5) is 0 Å². The van der Waals surface area contributed by atoms with Crippen molar-refractivity contribution in [2.45, 2.75) is 13.3 Å². The molecular formula is C11H11Cl2NO2. The third kappa shape index (κ3) is 4.21. The Morgan fingerprint density at radius 2 is 2.31 bits per heavy atom. The van der Waals surface area contributed by atoms with E-state index in [1.54, 1.807) is 25.1 Å². The lowest BCUT2D eigenvalue weighted by Crippen LogP contribution is -2.01. The van der Waals surface area contributed by atoms with E-state index in [2.05, 4.69) is 4.98 Å².